The summed E-state index contributed by atoms with van der Waals surface area (Å²) in [4.78, 5) is 21.7. The van der Waals surface area contributed by atoms with Crippen LogP contribution in [0.2, 0.25) is 0 Å². The van der Waals surface area contributed by atoms with E-state index in [1.54, 1.807) is 0 Å². The molecule has 0 saturated heterocycles. The average molecular weight is 262 g/mol. The molecule has 7 heteroatoms. The molecule has 0 aliphatic carbocycles. The molecule has 98 valence electrons. The predicted molar refractivity (Wildman–Crippen MR) is 53.6 cm³/mol. The molecule has 1 aromatic carbocycles. The van der Waals surface area contributed by atoms with E-state index in [0.717, 1.165) is 13.0 Å². The van der Waals surface area contributed by atoms with Gasteiger partial charge in [0.25, 0.3) is 0 Å². The van der Waals surface area contributed by atoms with Crippen LogP contribution in [0.4, 0.5) is 13.2 Å². The van der Waals surface area contributed by atoms with Crippen molar-refractivity contribution >= 4 is 11.9 Å². The van der Waals surface area contributed by atoms with Crippen molar-refractivity contribution in [1.29, 1.82) is 0 Å². The van der Waals surface area contributed by atoms with Crippen molar-refractivity contribution in [3.05, 3.63) is 35.1 Å². The number of rotatable bonds is 4. The molecular formula is C11H9F3O4. The van der Waals surface area contributed by atoms with E-state index < -0.39 is 46.8 Å². The summed E-state index contributed by atoms with van der Waals surface area (Å²) in [6, 6.07) is 1.28. The minimum Gasteiger partial charge on any atom is -0.481 e. The smallest absolute Gasteiger partial charge is 0.314 e. The zero-order valence-electron chi connectivity index (χ0n) is 9.21. The minimum absolute atomic E-state index is 0.552. The zero-order valence-corrected chi connectivity index (χ0v) is 9.21. The van der Waals surface area contributed by atoms with Crippen molar-refractivity contribution in [3.63, 3.8) is 0 Å². The van der Waals surface area contributed by atoms with Crippen LogP contribution in [-0.2, 0) is 15.0 Å². The lowest BCUT2D eigenvalue weighted by Gasteiger charge is -2.23. The van der Waals surface area contributed by atoms with Crippen LogP contribution < -0.4 is 0 Å². The summed E-state index contributed by atoms with van der Waals surface area (Å²) in [6.07, 6.45) is -0.954. The molecule has 2 N–H and O–H groups in total. The maximum atomic E-state index is 13.5. The molecule has 0 bridgehead atoms. The molecule has 0 aliphatic heterocycles. The minimum atomic E-state index is -2.18. The van der Waals surface area contributed by atoms with Crippen molar-refractivity contribution < 1.29 is 33.0 Å². The molecule has 1 rings (SSSR count). The fraction of sp³-hybridized carbons (Fsp3) is 0.273. The first-order valence-corrected chi connectivity index (χ1v) is 4.79. The van der Waals surface area contributed by atoms with Gasteiger partial charge < -0.3 is 10.2 Å². The van der Waals surface area contributed by atoms with Crippen molar-refractivity contribution in [1.82, 2.24) is 0 Å². The van der Waals surface area contributed by atoms with Crippen molar-refractivity contribution in [2.75, 3.05) is 0 Å². The highest BCUT2D eigenvalue weighted by Crippen LogP contribution is 2.32. The number of hydrogen-bond donors (Lipinski definition) is 2. The van der Waals surface area contributed by atoms with Gasteiger partial charge in [-0.05, 0) is 13.0 Å². The second-order valence-electron chi connectivity index (χ2n) is 3.93. The van der Waals surface area contributed by atoms with Gasteiger partial charge in [0.2, 0.25) is 0 Å². The Bertz CT molecular complexity index is 515. The second-order valence-corrected chi connectivity index (χ2v) is 3.93. The first-order chi connectivity index (χ1) is 8.20. The van der Waals surface area contributed by atoms with E-state index in [0.29, 0.717) is 6.07 Å². The van der Waals surface area contributed by atoms with Crippen LogP contribution in [-0.4, -0.2) is 22.2 Å². The topological polar surface area (TPSA) is 74.6 Å². The van der Waals surface area contributed by atoms with Gasteiger partial charge in [0.15, 0.2) is 17.5 Å². The first-order valence-electron chi connectivity index (χ1n) is 4.79. The van der Waals surface area contributed by atoms with Gasteiger partial charge in [-0.2, -0.15) is 0 Å². The molecule has 1 aromatic rings. The Labute approximate surface area is 99.7 Å². The van der Waals surface area contributed by atoms with Crippen LogP contribution >= 0.6 is 0 Å². The SMILES string of the molecule is CC(CC(=O)O)(C(=O)O)c1ccc(F)c(F)c1F. The van der Waals surface area contributed by atoms with Gasteiger partial charge in [0.05, 0.1) is 6.42 Å². The molecular weight excluding hydrogens is 253 g/mol. The summed E-state index contributed by atoms with van der Waals surface area (Å²) in [5.74, 6) is -8.13. The Balaban J connectivity index is 3.44. The first kappa shape index (κ1) is 14.0. The lowest BCUT2D eigenvalue weighted by molar-refractivity contribution is -0.149. The van der Waals surface area contributed by atoms with Gasteiger partial charge in [-0.1, -0.05) is 6.07 Å². The summed E-state index contributed by atoms with van der Waals surface area (Å²) in [5.41, 5.74) is -2.89. The van der Waals surface area contributed by atoms with E-state index in [2.05, 4.69) is 0 Å². The van der Waals surface area contributed by atoms with E-state index >= 15 is 0 Å². The quantitative estimate of drug-likeness (QED) is 0.813. The Hall–Kier alpha value is -2.05. The summed E-state index contributed by atoms with van der Waals surface area (Å²) >= 11 is 0. The van der Waals surface area contributed by atoms with Gasteiger partial charge in [0.1, 0.15) is 5.41 Å². The molecule has 0 aliphatic rings. The highest BCUT2D eigenvalue weighted by Gasteiger charge is 2.41. The van der Waals surface area contributed by atoms with Crippen LogP contribution in [0.1, 0.15) is 18.9 Å². The zero-order chi connectivity index (χ0) is 14.1. The Kier molecular flexibility index (Phi) is 3.64. The highest BCUT2D eigenvalue weighted by molar-refractivity contribution is 5.86. The molecule has 1 atom stereocenters. The molecule has 0 amide bonds. The van der Waals surface area contributed by atoms with Gasteiger partial charge in [-0.25, -0.2) is 13.2 Å². The third kappa shape index (κ3) is 2.29. The number of carbonyl (C=O) groups is 2. The summed E-state index contributed by atoms with van der Waals surface area (Å²) in [7, 11) is 0. The lowest BCUT2D eigenvalue weighted by Crippen LogP contribution is -2.36. The van der Waals surface area contributed by atoms with Gasteiger partial charge in [0, 0.05) is 5.56 Å². The lowest BCUT2D eigenvalue weighted by atomic mass is 9.79. The molecule has 18 heavy (non-hydrogen) atoms. The van der Waals surface area contributed by atoms with E-state index in [4.69, 9.17) is 10.2 Å². The van der Waals surface area contributed by atoms with E-state index in [1.165, 1.54) is 0 Å². The van der Waals surface area contributed by atoms with Crippen LogP contribution in [0, 0.1) is 17.5 Å². The summed E-state index contributed by atoms with van der Waals surface area (Å²) in [6.45, 7) is 0.930. The summed E-state index contributed by atoms with van der Waals surface area (Å²) < 4.78 is 39.3. The van der Waals surface area contributed by atoms with E-state index in [1.807, 2.05) is 0 Å². The molecule has 0 radical (unpaired) electrons. The predicted octanol–water partition coefficient (Wildman–Crippen LogP) is 1.92. The van der Waals surface area contributed by atoms with Crippen molar-refractivity contribution in [2.45, 2.75) is 18.8 Å². The summed E-state index contributed by atoms with van der Waals surface area (Å²) in [5, 5.41) is 17.6. The third-order valence-corrected chi connectivity index (χ3v) is 2.61. The Morgan fingerprint density at radius 2 is 1.72 bits per heavy atom. The van der Waals surface area contributed by atoms with E-state index in [-0.39, 0.29) is 0 Å². The van der Waals surface area contributed by atoms with Crippen molar-refractivity contribution in [3.8, 4) is 0 Å². The molecule has 0 saturated carbocycles. The number of benzene rings is 1. The number of halogens is 3. The largest absolute Gasteiger partial charge is 0.481 e. The standard InChI is InChI=1S/C11H9F3O4/c1-11(10(17)18,4-7(15)16)5-2-3-6(12)9(14)8(5)13/h2-3H,4H2,1H3,(H,15,16)(H,17,18). The monoisotopic (exact) mass is 262 g/mol. The second kappa shape index (κ2) is 4.67. The number of carboxylic acids is 2. The molecule has 0 spiro atoms. The van der Waals surface area contributed by atoms with Crippen LogP contribution in [0.3, 0.4) is 0 Å². The molecule has 0 heterocycles. The Morgan fingerprint density at radius 1 is 1.17 bits per heavy atom. The molecule has 4 nitrogen and oxygen atoms in total. The van der Waals surface area contributed by atoms with Gasteiger partial charge in [-0.3, -0.25) is 9.59 Å². The van der Waals surface area contributed by atoms with Crippen molar-refractivity contribution in [2.24, 2.45) is 0 Å². The maximum absolute atomic E-state index is 13.5. The number of carboxylic acid groups (broad SMARTS) is 2. The molecule has 0 fully saturated rings. The highest BCUT2D eigenvalue weighted by atomic mass is 19.2. The van der Waals surface area contributed by atoms with Crippen LogP contribution in [0.5, 0.6) is 0 Å². The average Bonchev–Trinajstić information content (AvgIpc) is 2.24. The van der Waals surface area contributed by atoms with E-state index in [9.17, 15) is 22.8 Å². The molecule has 1 unspecified atom stereocenters. The number of aliphatic carboxylic acids is 2. The Morgan fingerprint density at radius 3 is 2.17 bits per heavy atom. The third-order valence-electron chi connectivity index (χ3n) is 2.61. The number of hydrogen-bond acceptors (Lipinski definition) is 2. The fourth-order valence-electron chi connectivity index (χ4n) is 1.54. The van der Waals surface area contributed by atoms with Crippen LogP contribution in [0.15, 0.2) is 12.1 Å². The van der Waals surface area contributed by atoms with Crippen LogP contribution in [0.25, 0.3) is 0 Å². The maximum Gasteiger partial charge on any atom is 0.314 e. The normalized spacial score (nSPS) is 14.0. The molecule has 0 aromatic heterocycles. The fourth-order valence-corrected chi connectivity index (χ4v) is 1.54. The van der Waals surface area contributed by atoms with Gasteiger partial charge >= 0.3 is 11.9 Å². The van der Waals surface area contributed by atoms with Gasteiger partial charge in [-0.15, -0.1) is 0 Å².